The first-order valence-corrected chi connectivity index (χ1v) is 12.4. The molecule has 1 aromatic heterocycles. The maximum absolute atomic E-state index is 13.4. The van der Waals surface area contributed by atoms with Crippen LogP contribution in [0.1, 0.15) is 62.7 Å². The number of benzene rings is 1. The molecule has 4 atom stereocenters. The topological polar surface area (TPSA) is 75.6 Å². The van der Waals surface area contributed by atoms with Crippen molar-refractivity contribution in [2.45, 2.75) is 58.4 Å². The third kappa shape index (κ3) is 4.42. The van der Waals surface area contributed by atoms with Gasteiger partial charge in [0.2, 0.25) is 0 Å². The normalized spacial score (nSPS) is 26.1. The molecule has 5 rings (SSSR count). The Balaban J connectivity index is 1.47. The van der Waals surface area contributed by atoms with Gasteiger partial charge in [0, 0.05) is 27.9 Å². The second-order valence-electron chi connectivity index (χ2n) is 9.86. The molecule has 3 fully saturated rings. The number of aliphatic carboxylic acids is 1. The molecule has 32 heavy (non-hydrogen) atoms. The Morgan fingerprint density at radius 3 is 2.81 bits per heavy atom. The lowest BCUT2D eigenvalue weighted by Crippen LogP contribution is -2.63. The molecule has 3 aliphatic rings. The smallest absolute Gasteiger partial charge is 0.303 e. The summed E-state index contributed by atoms with van der Waals surface area (Å²) in [5, 5.41) is 15.1. The molecule has 0 spiro atoms. The lowest BCUT2D eigenvalue weighted by atomic mass is 9.44. The van der Waals surface area contributed by atoms with E-state index in [1.165, 1.54) is 6.42 Å². The Morgan fingerprint density at radius 1 is 1.28 bits per heavy atom. The summed E-state index contributed by atoms with van der Waals surface area (Å²) in [5.41, 5.74) is 0.991. The number of methoxy groups -OCH3 is 1. The second-order valence-corrected chi connectivity index (χ2v) is 10.8. The molecule has 3 saturated carbocycles. The number of hydrogen-bond donors (Lipinski definition) is 2. The number of hydrogen-bond acceptors (Lipinski definition) is 4. The van der Waals surface area contributed by atoms with Gasteiger partial charge in [0.05, 0.1) is 12.7 Å². The van der Waals surface area contributed by atoms with E-state index < -0.39 is 5.97 Å². The summed E-state index contributed by atoms with van der Waals surface area (Å²) >= 11 is 1.59. The van der Waals surface area contributed by atoms with Crippen molar-refractivity contribution in [1.29, 1.82) is 0 Å². The molecule has 6 heteroatoms. The number of unbranched alkanes of at least 4 members (excludes halogenated alkanes) is 1. The van der Waals surface area contributed by atoms with Crippen molar-refractivity contribution in [2.75, 3.05) is 7.11 Å². The van der Waals surface area contributed by atoms with E-state index >= 15 is 0 Å². The van der Waals surface area contributed by atoms with E-state index in [0.29, 0.717) is 18.3 Å². The Hall–Kier alpha value is -2.34. The van der Waals surface area contributed by atoms with E-state index in [1.54, 1.807) is 18.4 Å². The Morgan fingerprint density at radius 2 is 2.09 bits per heavy atom. The zero-order valence-corrected chi connectivity index (χ0v) is 19.9. The summed E-state index contributed by atoms with van der Waals surface area (Å²) in [4.78, 5) is 24.0. The van der Waals surface area contributed by atoms with Crippen molar-refractivity contribution < 1.29 is 19.4 Å². The molecule has 0 unspecified atom stereocenters. The van der Waals surface area contributed by atoms with Crippen LogP contribution >= 0.6 is 11.3 Å². The highest BCUT2D eigenvalue weighted by atomic mass is 32.1. The maximum atomic E-state index is 13.4. The number of carboxylic acid groups (broad SMARTS) is 1. The highest BCUT2D eigenvalue weighted by Crippen LogP contribution is 2.61. The summed E-state index contributed by atoms with van der Waals surface area (Å²) in [6.07, 6.45) is 9.21. The SMILES string of the molecule is COc1ccc2scc(C(=O)N[C@H]3[C@@H](C/C=C\CCCC(=O)O)C[C@@H]4C[C@H]3C4(C)C)c2c1. The fourth-order valence-corrected chi connectivity index (χ4v) is 6.59. The van der Waals surface area contributed by atoms with Gasteiger partial charge in [-0.05, 0) is 73.5 Å². The summed E-state index contributed by atoms with van der Waals surface area (Å²) in [5.74, 6) is 1.66. The largest absolute Gasteiger partial charge is 0.497 e. The van der Waals surface area contributed by atoms with Gasteiger partial charge in [-0.3, -0.25) is 9.59 Å². The van der Waals surface area contributed by atoms with Gasteiger partial charge in [0.25, 0.3) is 5.91 Å². The minimum atomic E-state index is -0.741. The average Bonchev–Trinajstić information content (AvgIpc) is 3.19. The van der Waals surface area contributed by atoms with E-state index in [4.69, 9.17) is 9.84 Å². The van der Waals surface area contributed by atoms with Gasteiger partial charge < -0.3 is 15.2 Å². The summed E-state index contributed by atoms with van der Waals surface area (Å²) in [6.45, 7) is 4.68. The quantitative estimate of drug-likeness (QED) is 0.365. The molecule has 2 aromatic rings. The fraction of sp³-hybridized carbons (Fsp3) is 0.538. The number of rotatable bonds is 9. The van der Waals surface area contributed by atoms with E-state index in [1.807, 2.05) is 23.6 Å². The van der Waals surface area contributed by atoms with Gasteiger partial charge in [-0.15, -0.1) is 11.3 Å². The fourth-order valence-electron chi connectivity index (χ4n) is 5.67. The predicted molar refractivity (Wildman–Crippen MR) is 128 cm³/mol. The van der Waals surface area contributed by atoms with E-state index in [9.17, 15) is 9.59 Å². The van der Waals surface area contributed by atoms with Crippen molar-refractivity contribution in [3.63, 3.8) is 0 Å². The number of carbonyl (C=O) groups excluding carboxylic acids is 1. The first kappa shape index (κ1) is 22.8. The molecule has 1 heterocycles. The van der Waals surface area contributed by atoms with Crippen LogP contribution in [0.2, 0.25) is 0 Å². The van der Waals surface area contributed by atoms with Gasteiger partial charge in [-0.1, -0.05) is 26.0 Å². The number of carboxylic acids is 1. The van der Waals surface area contributed by atoms with Crippen LogP contribution < -0.4 is 10.1 Å². The van der Waals surface area contributed by atoms with Crippen molar-refractivity contribution in [1.82, 2.24) is 5.32 Å². The second kappa shape index (κ2) is 9.26. The highest BCUT2D eigenvalue weighted by molar-refractivity contribution is 7.17. The first-order valence-electron chi connectivity index (χ1n) is 11.5. The standard InChI is InChI=1S/C26H33NO4S/c1-26(2)17-12-16(8-6-4-5-7-9-23(28)29)24(21(26)13-17)27-25(30)20-15-32-22-11-10-18(31-3)14-19(20)22/h4,6,10-11,14-17,21,24H,5,7-9,12-13H2,1-3H3,(H,27,30)(H,28,29)/b6-4-/t16-,17+,21+,24-/m0/s1. The van der Waals surface area contributed by atoms with Crippen LogP contribution in [0.5, 0.6) is 5.75 Å². The Bertz CT molecular complexity index is 1020. The number of nitrogens with one attached hydrogen (secondary N) is 1. The minimum Gasteiger partial charge on any atom is -0.497 e. The van der Waals surface area contributed by atoms with Crippen LogP contribution in [0.15, 0.2) is 35.7 Å². The van der Waals surface area contributed by atoms with E-state index in [-0.39, 0.29) is 23.8 Å². The van der Waals surface area contributed by atoms with Crippen molar-refractivity contribution in [2.24, 2.45) is 23.2 Å². The average molecular weight is 456 g/mol. The number of allylic oxidation sites excluding steroid dienone is 2. The number of fused-ring (bicyclic) bond motifs is 3. The first-order chi connectivity index (χ1) is 15.3. The summed E-state index contributed by atoms with van der Waals surface area (Å²) in [6, 6.07) is 6.04. The molecule has 1 aromatic carbocycles. The third-order valence-electron chi connectivity index (χ3n) is 7.76. The van der Waals surface area contributed by atoms with Crippen LogP contribution in [-0.2, 0) is 4.79 Å². The maximum Gasteiger partial charge on any atom is 0.303 e. The van der Waals surface area contributed by atoms with E-state index in [2.05, 4.69) is 31.3 Å². The molecule has 3 aliphatic carbocycles. The van der Waals surface area contributed by atoms with Crippen LogP contribution in [0.3, 0.4) is 0 Å². The van der Waals surface area contributed by atoms with Crippen molar-refractivity contribution in [3.8, 4) is 5.75 Å². The van der Waals surface area contributed by atoms with Crippen molar-refractivity contribution in [3.05, 3.63) is 41.3 Å². The highest BCUT2D eigenvalue weighted by Gasteiger charge is 2.57. The van der Waals surface area contributed by atoms with Crippen LogP contribution in [0, 0.1) is 23.2 Å². The molecule has 2 N–H and O–H groups in total. The summed E-state index contributed by atoms with van der Waals surface area (Å²) in [7, 11) is 1.64. The number of ether oxygens (including phenoxy) is 1. The minimum absolute atomic E-state index is 0.00564. The number of amides is 1. The van der Waals surface area contributed by atoms with Gasteiger partial charge in [-0.25, -0.2) is 0 Å². The lowest BCUT2D eigenvalue weighted by molar-refractivity contribution is -0.137. The summed E-state index contributed by atoms with van der Waals surface area (Å²) < 4.78 is 6.45. The molecular formula is C26H33NO4S. The van der Waals surface area contributed by atoms with Gasteiger partial charge in [0.15, 0.2) is 0 Å². The monoisotopic (exact) mass is 455 g/mol. The third-order valence-corrected chi connectivity index (χ3v) is 8.73. The number of thiophene rings is 1. The Kier molecular flexibility index (Phi) is 6.61. The molecular weight excluding hydrogens is 422 g/mol. The van der Waals surface area contributed by atoms with Gasteiger partial charge in [0.1, 0.15) is 5.75 Å². The molecule has 2 bridgehead atoms. The van der Waals surface area contributed by atoms with Crippen LogP contribution in [0.4, 0.5) is 0 Å². The Labute approximate surface area is 193 Å². The molecule has 0 aliphatic heterocycles. The predicted octanol–water partition coefficient (Wildman–Crippen LogP) is 5.89. The zero-order valence-electron chi connectivity index (χ0n) is 19.1. The van der Waals surface area contributed by atoms with Crippen molar-refractivity contribution >= 4 is 33.3 Å². The van der Waals surface area contributed by atoms with Gasteiger partial charge >= 0.3 is 5.97 Å². The molecule has 0 radical (unpaired) electrons. The van der Waals surface area contributed by atoms with E-state index in [0.717, 1.165) is 46.6 Å². The number of carbonyl (C=O) groups is 2. The van der Waals surface area contributed by atoms with Gasteiger partial charge in [-0.2, -0.15) is 0 Å². The zero-order chi connectivity index (χ0) is 22.9. The molecule has 5 nitrogen and oxygen atoms in total. The van der Waals surface area contributed by atoms with Crippen LogP contribution in [0.25, 0.3) is 10.1 Å². The van der Waals surface area contributed by atoms with Crippen LogP contribution in [-0.4, -0.2) is 30.1 Å². The lowest BCUT2D eigenvalue weighted by Gasteiger charge is -2.62. The molecule has 1 amide bonds. The molecule has 172 valence electrons. The molecule has 0 saturated heterocycles.